The fourth-order valence-corrected chi connectivity index (χ4v) is 3.31. The molecular weight excluding hydrogens is 402 g/mol. The topological polar surface area (TPSA) is 72.5 Å². The minimum atomic E-state index is -0.383. The normalized spacial score (nSPS) is 13.2. The Labute approximate surface area is 186 Å². The lowest BCUT2D eigenvalue weighted by Gasteiger charge is -2.07. The molecule has 0 radical (unpaired) electrons. The van der Waals surface area contributed by atoms with E-state index in [2.05, 4.69) is 5.32 Å². The van der Waals surface area contributed by atoms with E-state index in [1.807, 2.05) is 66.7 Å². The van der Waals surface area contributed by atoms with Gasteiger partial charge in [-0.2, -0.15) is 0 Å². The van der Waals surface area contributed by atoms with Gasteiger partial charge in [0, 0.05) is 18.1 Å². The van der Waals surface area contributed by atoms with Crippen molar-refractivity contribution in [1.82, 2.24) is 5.32 Å². The third-order valence-corrected chi connectivity index (χ3v) is 5.05. The van der Waals surface area contributed by atoms with E-state index in [0.29, 0.717) is 29.7 Å². The van der Waals surface area contributed by atoms with Crippen molar-refractivity contribution in [1.29, 1.82) is 0 Å². The van der Waals surface area contributed by atoms with E-state index in [1.165, 1.54) is 6.08 Å². The van der Waals surface area contributed by atoms with Crippen molar-refractivity contribution in [3.8, 4) is 5.75 Å². The van der Waals surface area contributed by atoms with Gasteiger partial charge in [-0.1, -0.05) is 72.8 Å². The average molecular weight is 423 g/mol. The Morgan fingerprint density at radius 2 is 1.59 bits per heavy atom. The van der Waals surface area contributed by atoms with E-state index in [9.17, 15) is 14.4 Å². The quantitative estimate of drug-likeness (QED) is 0.334. The standard InChI is InChI=1S/C27H21NO4/c29-25(22-4-2-1-3-5-22)15-10-19-8-13-23(14-9-19)32-17-16-20-6-11-21(12-7-20)24-18-26(30)28-27(24)31/h1-15,18H,16-17H2,(H,28,30,31). The summed E-state index contributed by atoms with van der Waals surface area (Å²) in [6.45, 7) is 0.503. The largest absolute Gasteiger partial charge is 0.493 e. The van der Waals surface area contributed by atoms with Crippen LogP contribution in [-0.2, 0) is 16.0 Å². The van der Waals surface area contributed by atoms with Crippen LogP contribution >= 0.6 is 0 Å². The van der Waals surface area contributed by atoms with Gasteiger partial charge >= 0.3 is 0 Å². The molecule has 0 unspecified atom stereocenters. The van der Waals surface area contributed by atoms with Gasteiger partial charge in [0.1, 0.15) is 5.75 Å². The predicted octanol–water partition coefficient (Wildman–Crippen LogP) is 4.24. The molecule has 1 N–H and O–H groups in total. The first-order chi connectivity index (χ1) is 15.6. The average Bonchev–Trinajstić information content (AvgIpc) is 3.17. The van der Waals surface area contributed by atoms with Gasteiger partial charge < -0.3 is 4.74 Å². The molecule has 0 aromatic heterocycles. The summed E-state index contributed by atoms with van der Waals surface area (Å²) in [6.07, 6.45) is 5.37. The maximum absolute atomic E-state index is 12.1. The molecular formula is C27H21NO4. The minimum Gasteiger partial charge on any atom is -0.493 e. The Morgan fingerprint density at radius 3 is 2.25 bits per heavy atom. The second kappa shape index (κ2) is 9.71. The monoisotopic (exact) mass is 423 g/mol. The van der Waals surface area contributed by atoms with Crippen LogP contribution in [0.5, 0.6) is 5.75 Å². The number of allylic oxidation sites excluding steroid dienone is 1. The van der Waals surface area contributed by atoms with Crippen molar-refractivity contribution in [2.45, 2.75) is 6.42 Å². The second-order valence-electron chi connectivity index (χ2n) is 7.30. The first-order valence-corrected chi connectivity index (χ1v) is 10.3. The van der Waals surface area contributed by atoms with Crippen molar-refractivity contribution < 1.29 is 19.1 Å². The molecule has 3 aromatic carbocycles. The van der Waals surface area contributed by atoms with E-state index < -0.39 is 0 Å². The van der Waals surface area contributed by atoms with Gasteiger partial charge in [0.05, 0.1) is 12.2 Å². The van der Waals surface area contributed by atoms with Gasteiger partial charge in [0.25, 0.3) is 11.8 Å². The number of carbonyl (C=O) groups excluding carboxylic acids is 3. The zero-order chi connectivity index (χ0) is 22.3. The number of amides is 2. The molecule has 5 nitrogen and oxygen atoms in total. The summed E-state index contributed by atoms with van der Waals surface area (Å²) in [5.74, 6) is -0.0339. The van der Waals surface area contributed by atoms with Gasteiger partial charge in [-0.15, -0.1) is 0 Å². The molecule has 0 fully saturated rings. The lowest BCUT2D eigenvalue weighted by Crippen LogP contribution is -2.21. The van der Waals surface area contributed by atoms with Crippen molar-refractivity contribution in [2.75, 3.05) is 6.61 Å². The molecule has 1 aliphatic rings. The molecule has 1 aliphatic heterocycles. The van der Waals surface area contributed by atoms with Crippen LogP contribution in [0.25, 0.3) is 11.6 Å². The molecule has 5 heteroatoms. The van der Waals surface area contributed by atoms with Crippen LogP contribution in [0.2, 0.25) is 0 Å². The molecule has 0 aliphatic carbocycles. The van der Waals surface area contributed by atoms with E-state index in [1.54, 1.807) is 24.3 Å². The molecule has 0 saturated carbocycles. The smallest absolute Gasteiger partial charge is 0.258 e. The highest BCUT2D eigenvalue weighted by Crippen LogP contribution is 2.19. The fraction of sp³-hybridized carbons (Fsp3) is 0.0741. The lowest BCUT2D eigenvalue weighted by molar-refractivity contribution is -0.123. The Bertz CT molecular complexity index is 1190. The van der Waals surface area contributed by atoms with Crippen molar-refractivity contribution >= 4 is 29.2 Å². The van der Waals surface area contributed by atoms with Gasteiger partial charge in [-0.3, -0.25) is 19.7 Å². The SMILES string of the molecule is O=C1C=C(c2ccc(CCOc3ccc(C=CC(=O)c4ccccc4)cc3)cc2)C(=O)N1. The first-order valence-electron chi connectivity index (χ1n) is 10.3. The van der Waals surface area contributed by atoms with Crippen LogP contribution in [0.4, 0.5) is 0 Å². The van der Waals surface area contributed by atoms with E-state index in [4.69, 9.17) is 4.74 Å². The Hall–Kier alpha value is -4.25. The summed E-state index contributed by atoms with van der Waals surface area (Å²) >= 11 is 0. The molecule has 0 atom stereocenters. The number of hydrogen-bond acceptors (Lipinski definition) is 4. The maximum Gasteiger partial charge on any atom is 0.258 e. The summed E-state index contributed by atoms with van der Waals surface area (Å²) in [7, 11) is 0. The summed E-state index contributed by atoms with van der Waals surface area (Å²) in [6, 6.07) is 24.2. The number of rotatable bonds is 8. The molecule has 3 aromatic rings. The number of ether oxygens (including phenoxy) is 1. The van der Waals surface area contributed by atoms with E-state index in [-0.39, 0.29) is 17.6 Å². The Kier molecular flexibility index (Phi) is 6.37. The van der Waals surface area contributed by atoms with Crippen molar-refractivity contribution in [2.24, 2.45) is 0 Å². The Morgan fingerprint density at radius 1 is 0.875 bits per heavy atom. The molecule has 4 rings (SSSR count). The number of imide groups is 1. The molecule has 32 heavy (non-hydrogen) atoms. The molecule has 2 amide bonds. The highest BCUT2D eigenvalue weighted by Gasteiger charge is 2.21. The first kappa shape index (κ1) is 21.0. The highest BCUT2D eigenvalue weighted by atomic mass is 16.5. The molecule has 0 spiro atoms. The zero-order valence-electron chi connectivity index (χ0n) is 17.3. The molecule has 1 heterocycles. The van der Waals surface area contributed by atoms with Crippen molar-refractivity contribution in [3.05, 3.63) is 113 Å². The van der Waals surface area contributed by atoms with Crippen LogP contribution in [0, 0.1) is 0 Å². The number of hydrogen-bond donors (Lipinski definition) is 1. The molecule has 0 saturated heterocycles. The van der Waals surface area contributed by atoms with E-state index in [0.717, 1.165) is 16.9 Å². The third-order valence-electron chi connectivity index (χ3n) is 5.05. The summed E-state index contributed by atoms with van der Waals surface area (Å²) in [4.78, 5) is 35.1. The molecule has 158 valence electrons. The third kappa shape index (κ3) is 5.26. The van der Waals surface area contributed by atoms with Crippen LogP contribution in [-0.4, -0.2) is 24.2 Å². The predicted molar refractivity (Wildman–Crippen MR) is 123 cm³/mol. The van der Waals surface area contributed by atoms with E-state index >= 15 is 0 Å². The summed E-state index contributed by atoms with van der Waals surface area (Å²) in [5, 5.41) is 2.25. The van der Waals surface area contributed by atoms with Crippen molar-refractivity contribution in [3.63, 3.8) is 0 Å². The molecule has 0 bridgehead atoms. The van der Waals surface area contributed by atoms with Gasteiger partial charge in [0.2, 0.25) is 0 Å². The Balaban J connectivity index is 1.27. The number of carbonyl (C=O) groups is 3. The number of benzene rings is 3. The summed E-state index contributed by atoms with van der Waals surface area (Å²) in [5.41, 5.74) is 3.75. The second-order valence-corrected chi connectivity index (χ2v) is 7.30. The van der Waals surface area contributed by atoms with Crippen LogP contribution < -0.4 is 10.1 Å². The fourth-order valence-electron chi connectivity index (χ4n) is 3.31. The van der Waals surface area contributed by atoms with Gasteiger partial charge in [-0.25, -0.2) is 0 Å². The lowest BCUT2D eigenvalue weighted by atomic mass is 10.0. The van der Waals surface area contributed by atoms with Crippen LogP contribution in [0.15, 0.2) is 91.0 Å². The minimum absolute atomic E-state index is 0.0339. The van der Waals surface area contributed by atoms with Gasteiger partial charge in [0.15, 0.2) is 5.78 Å². The van der Waals surface area contributed by atoms with Gasteiger partial charge in [-0.05, 0) is 34.9 Å². The maximum atomic E-state index is 12.1. The van der Waals surface area contributed by atoms with Crippen LogP contribution in [0.1, 0.15) is 27.0 Å². The highest BCUT2D eigenvalue weighted by molar-refractivity contribution is 6.33. The number of nitrogens with one attached hydrogen (secondary N) is 1. The van der Waals surface area contributed by atoms with Crippen LogP contribution in [0.3, 0.4) is 0 Å². The summed E-state index contributed by atoms with van der Waals surface area (Å²) < 4.78 is 5.81. The zero-order valence-corrected chi connectivity index (χ0v) is 17.3. The number of ketones is 1.